The zero-order valence-electron chi connectivity index (χ0n) is 12.1. The lowest BCUT2D eigenvalue weighted by molar-refractivity contribution is 0.00755. The lowest BCUT2D eigenvalue weighted by atomic mass is 9.85. The summed E-state index contributed by atoms with van der Waals surface area (Å²) in [5.74, 6) is 1.37. The van der Waals surface area contributed by atoms with Gasteiger partial charge in [0.05, 0.1) is 23.7 Å². The Morgan fingerprint density at radius 2 is 1.90 bits per heavy atom. The quantitative estimate of drug-likeness (QED) is 0.793. The smallest absolute Gasteiger partial charge is 0.319 e. The number of hydrogen-bond donors (Lipinski definition) is 3. The number of carbonyl (C=O) groups is 1. The fourth-order valence-corrected chi connectivity index (χ4v) is 2.76. The predicted molar refractivity (Wildman–Crippen MR) is 79.1 cm³/mol. The number of nitrogens with zero attached hydrogens (tertiary/aromatic N) is 2. The normalized spacial score (nSPS) is 20.8. The fraction of sp³-hybridized carbons (Fsp3) is 0.667. The van der Waals surface area contributed by atoms with E-state index in [2.05, 4.69) is 20.6 Å². The van der Waals surface area contributed by atoms with Gasteiger partial charge in [-0.05, 0) is 25.7 Å². The second kappa shape index (κ2) is 5.97. The van der Waals surface area contributed by atoms with Gasteiger partial charge in [-0.15, -0.1) is 0 Å². The number of rotatable bonds is 4. The van der Waals surface area contributed by atoms with Gasteiger partial charge in [-0.2, -0.15) is 0 Å². The number of urea groups is 1. The van der Waals surface area contributed by atoms with Crippen molar-refractivity contribution in [3.63, 3.8) is 0 Å². The van der Waals surface area contributed by atoms with Crippen molar-refractivity contribution in [3.8, 4) is 0 Å². The van der Waals surface area contributed by atoms with Crippen LogP contribution in [0.25, 0.3) is 0 Å². The molecule has 3 rings (SSSR count). The first kappa shape index (κ1) is 14.3. The van der Waals surface area contributed by atoms with Crippen LogP contribution in [-0.4, -0.2) is 33.3 Å². The molecular weight excluding hydrogens is 268 g/mol. The molecule has 114 valence electrons. The molecule has 6 nitrogen and oxygen atoms in total. The van der Waals surface area contributed by atoms with E-state index < -0.39 is 5.60 Å². The first-order valence-corrected chi connectivity index (χ1v) is 7.74. The fourth-order valence-electron chi connectivity index (χ4n) is 2.76. The molecule has 2 amide bonds. The third-order valence-electron chi connectivity index (χ3n) is 4.23. The minimum atomic E-state index is -0.748. The van der Waals surface area contributed by atoms with Crippen molar-refractivity contribution in [2.24, 2.45) is 0 Å². The largest absolute Gasteiger partial charge is 0.388 e. The molecule has 21 heavy (non-hydrogen) atoms. The summed E-state index contributed by atoms with van der Waals surface area (Å²) in [4.78, 5) is 20.3. The van der Waals surface area contributed by atoms with E-state index in [0.29, 0.717) is 18.2 Å². The number of nitrogens with one attached hydrogen (secondary N) is 2. The highest BCUT2D eigenvalue weighted by Gasteiger charge is 2.29. The maximum atomic E-state index is 11.8. The number of anilines is 1. The van der Waals surface area contributed by atoms with Crippen molar-refractivity contribution >= 4 is 11.7 Å². The summed E-state index contributed by atoms with van der Waals surface area (Å²) < 4.78 is 0. The molecule has 0 radical (unpaired) electrons. The summed E-state index contributed by atoms with van der Waals surface area (Å²) in [5.41, 5.74) is -0.172. The average molecular weight is 290 g/mol. The van der Waals surface area contributed by atoms with E-state index in [1.807, 2.05) is 0 Å². The average Bonchev–Trinajstić information content (AvgIpc) is 3.32. The summed E-state index contributed by atoms with van der Waals surface area (Å²) in [6.07, 6.45) is 10.3. The molecule has 2 fully saturated rings. The standard InChI is InChI=1S/C15H22N4O2/c20-14(18-10-15(21)6-2-1-3-7-15)19-12-8-16-13(17-9-12)11-4-5-11/h8-9,11,21H,1-7,10H2,(H2,18,19,20). The van der Waals surface area contributed by atoms with Crippen LogP contribution in [0.15, 0.2) is 12.4 Å². The molecule has 2 aliphatic carbocycles. The zero-order valence-corrected chi connectivity index (χ0v) is 12.1. The highest BCUT2D eigenvalue weighted by Crippen LogP contribution is 2.37. The van der Waals surface area contributed by atoms with Crippen molar-refractivity contribution in [1.29, 1.82) is 0 Å². The Labute approximate surface area is 124 Å². The number of hydrogen-bond acceptors (Lipinski definition) is 4. The van der Waals surface area contributed by atoms with Gasteiger partial charge in [-0.25, -0.2) is 14.8 Å². The third kappa shape index (κ3) is 3.91. The molecule has 0 atom stereocenters. The molecule has 6 heteroatoms. The van der Waals surface area contributed by atoms with E-state index in [1.165, 1.54) is 6.42 Å². The van der Waals surface area contributed by atoms with Crippen LogP contribution in [0.4, 0.5) is 10.5 Å². The summed E-state index contributed by atoms with van der Waals surface area (Å²) in [5, 5.41) is 15.8. The van der Waals surface area contributed by atoms with Crippen molar-refractivity contribution < 1.29 is 9.90 Å². The van der Waals surface area contributed by atoms with Crippen LogP contribution in [-0.2, 0) is 0 Å². The molecule has 0 unspecified atom stereocenters. The molecule has 1 heterocycles. The van der Waals surface area contributed by atoms with Gasteiger partial charge in [0.25, 0.3) is 0 Å². The van der Waals surface area contributed by atoms with Gasteiger partial charge in [-0.1, -0.05) is 19.3 Å². The molecular formula is C15H22N4O2. The third-order valence-corrected chi connectivity index (χ3v) is 4.23. The Kier molecular flexibility index (Phi) is 4.05. The van der Waals surface area contributed by atoms with Gasteiger partial charge in [0, 0.05) is 12.5 Å². The number of amides is 2. The number of aliphatic hydroxyl groups is 1. The Hall–Kier alpha value is -1.69. The van der Waals surface area contributed by atoms with E-state index in [4.69, 9.17) is 0 Å². The van der Waals surface area contributed by atoms with E-state index in [-0.39, 0.29) is 6.03 Å². The van der Waals surface area contributed by atoms with E-state index in [0.717, 1.165) is 44.3 Å². The van der Waals surface area contributed by atoms with Crippen LogP contribution in [0, 0.1) is 0 Å². The lowest BCUT2D eigenvalue weighted by Crippen LogP contribution is -2.45. The summed E-state index contributed by atoms with van der Waals surface area (Å²) in [6.45, 7) is 0.292. The highest BCUT2D eigenvalue weighted by molar-refractivity contribution is 5.88. The first-order valence-electron chi connectivity index (χ1n) is 7.74. The maximum Gasteiger partial charge on any atom is 0.319 e. The van der Waals surface area contributed by atoms with E-state index in [1.54, 1.807) is 12.4 Å². The molecule has 1 aromatic heterocycles. The summed E-state index contributed by atoms with van der Waals surface area (Å²) >= 11 is 0. The molecule has 3 N–H and O–H groups in total. The topological polar surface area (TPSA) is 87.1 Å². The van der Waals surface area contributed by atoms with Crippen LogP contribution in [0.1, 0.15) is 56.7 Å². The molecule has 0 aliphatic heterocycles. The molecule has 0 bridgehead atoms. The number of aromatic nitrogens is 2. The molecule has 0 aromatic carbocycles. The molecule has 2 saturated carbocycles. The van der Waals surface area contributed by atoms with Gasteiger partial charge in [0.15, 0.2) is 0 Å². The molecule has 0 spiro atoms. The Balaban J connectivity index is 1.46. The van der Waals surface area contributed by atoms with Crippen LogP contribution >= 0.6 is 0 Å². The molecule has 2 aliphatic rings. The second-order valence-corrected chi connectivity index (χ2v) is 6.20. The first-order chi connectivity index (χ1) is 10.1. The van der Waals surface area contributed by atoms with Crippen LogP contribution < -0.4 is 10.6 Å². The molecule has 0 saturated heterocycles. The van der Waals surface area contributed by atoms with Gasteiger partial charge < -0.3 is 15.7 Å². The van der Waals surface area contributed by atoms with E-state index >= 15 is 0 Å². The number of carbonyl (C=O) groups excluding carboxylic acids is 1. The van der Waals surface area contributed by atoms with E-state index in [9.17, 15) is 9.90 Å². The Morgan fingerprint density at radius 1 is 1.24 bits per heavy atom. The summed E-state index contributed by atoms with van der Waals surface area (Å²) in [6, 6.07) is -0.322. The van der Waals surface area contributed by atoms with Crippen molar-refractivity contribution in [2.75, 3.05) is 11.9 Å². The monoisotopic (exact) mass is 290 g/mol. The van der Waals surface area contributed by atoms with Gasteiger partial charge >= 0.3 is 6.03 Å². The van der Waals surface area contributed by atoms with Crippen LogP contribution in [0.5, 0.6) is 0 Å². The van der Waals surface area contributed by atoms with Crippen molar-refractivity contribution in [2.45, 2.75) is 56.5 Å². The minimum Gasteiger partial charge on any atom is -0.388 e. The molecule has 1 aromatic rings. The van der Waals surface area contributed by atoms with Gasteiger partial charge in [0.2, 0.25) is 0 Å². The second-order valence-electron chi connectivity index (χ2n) is 6.20. The van der Waals surface area contributed by atoms with Crippen molar-refractivity contribution in [1.82, 2.24) is 15.3 Å². The maximum absolute atomic E-state index is 11.8. The van der Waals surface area contributed by atoms with Crippen molar-refractivity contribution in [3.05, 3.63) is 18.2 Å². The van der Waals surface area contributed by atoms with Crippen LogP contribution in [0.3, 0.4) is 0 Å². The highest BCUT2D eigenvalue weighted by atomic mass is 16.3. The predicted octanol–water partition coefficient (Wildman–Crippen LogP) is 2.17. The van der Waals surface area contributed by atoms with Gasteiger partial charge in [0.1, 0.15) is 5.82 Å². The Morgan fingerprint density at radius 3 is 2.52 bits per heavy atom. The zero-order chi connectivity index (χ0) is 14.7. The Bertz CT molecular complexity index is 493. The summed E-state index contributed by atoms with van der Waals surface area (Å²) in [7, 11) is 0. The van der Waals surface area contributed by atoms with Gasteiger partial charge in [-0.3, -0.25) is 0 Å². The lowest BCUT2D eigenvalue weighted by Gasteiger charge is -2.32. The SMILES string of the molecule is O=C(NCC1(O)CCCCC1)Nc1cnc(C2CC2)nc1. The minimum absolute atomic E-state index is 0.292. The van der Waals surface area contributed by atoms with Crippen LogP contribution in [0.2, 0.25) is 0 Å².